The zero-order chi connectivity index (χ0) is 18.1. The molecule has 132 valence electrons. The van der Waals surface area contributed by atoms with Gasteiger partial charge in [-0.05, 0) is 43.9 Å². The molecule has 4 rings (SSSR count). The van der Waals surface area contributed by atoms with Gasteiger partial charge in [-0.3, -0.25) is 4.79 Å². The minimum absolute atomic E-state index is 0.0488. The van der Waals surface area contributed by atoms with Crippen molar-refractivity contribution in [1.29, 1.82) is 0 Å². The Balaban J connectivity index is 1.59. The van der Waals surface area contributed by atoms with E-state index in [0.29, 0.717) is 18.0 Å². The summed E-state index contributed by atoms with van der Waals surface area (Å²) in [5, 5.41) is 7.60. The van der Waals surface area contributed by atoms with Gasteiger partial charge >= 0.3 is 0 Å². The molecule has 0 bridgehead atoms. The number of nitrogens with zero attached hydrogens (tertiary/aromatic N) is 2. The zero-order valence-corrected chi connectivity index (χ0v) is 15.2. The Morgan fingerprint density at radius 3 is 2.54 bits per heavy atom. The number of benzene rings is 2. The maximum absolute atomic E-state index is 12.8. The Hall–Kier alpha value is -2.88. The van der Waals surface area contributed by atoms with Crippen molar-refractivity contribution in [3.63, 3.8) is 0 Å². The lowest BCUT2D eigenvalue weighted by Crippen LogP contribution is -2.23. The van der Waals surface area contributed by atoms with Crippen molar-refractivity contribution in [3.8, 4) is 5.69 Å². The van der Waals surface area contributed by atoms with E-state index in [9.17, 15) is 4.79 Å². The molecule has 1 N–H and O–H groups in total. The molecule has 4 heteroatoms. The average molecular weight is 345 g/mol. The van der Waals surface area contributed by atoms with Crippen molar-refractivity contribution in [3.05, 3.63) is 82.7 Å². The largest absolute Gasteiger partial charge is 0.348 e. The Bertz CT molecular complexity index is 936. The molecule has 1 aliphatic rings. The molecule has 1 amide bonds. The number of hydrogen-bond donors (Lipinski definition) is 1. The number of nitrogens with one attached hydrogen (secondary N) is 1. The summed E-state index contributed by atoms with van der Waals surface area (Å²) in [6.07, 6.45) is 3.95. The first-order valence-corrected chi connectivity index (χ1v) is 9.11. The van der Waals surface area contributed by atoms with Crippen LogP contribution in [0.5, 0.6) is 0 Å². The smallest absolute Gasteiger partial charge is 0.255 e. The first-order valence-electron chi connectivity index (χ1n) is 9.11. The molecule has 2 aromatic carbocycles. The van der Waals surface area contributed by atoms with Crippen LogP contribution in [0.15, 0.2) is 54.7 Å². The third-order valence-corrected chi connectivity index (χ3v) is 4.93. The minimum atomic E-state index is -0.0488. The minimum Gasteiger partial charge on any atom is -0.348 e. The average Bonchev–Trinajstić information content (AvgIpc) is 3.40. The van der Waals surface area contributed by atoms with Gasteiger partial charge in [0.1, 0.15) is 0 Å². The van der Waals surface area contributed by atoms with Gasteiger partial charge in [-0.1, -0.05) is 48.0 Å². The summed E-state index contributed by atoms with van der Waals surface area (Å²) in [5.74, 6) is 0.379. The van der Waals surface area contributed by atoms with Crippen molar-refractivity contribution < 1.29 is 4.79 Å². The van der Waals surface area contributed by atoms with Gasteiger partial charge in [0.15, 0.2) is 0 Å². The highest BCUT2D eigenvalue weighted by atomic mass is 16.1. The Kier molecular flexibility index (Phi) is 4.33. The summed E-state index contributed by atoms with van der Waals surface area (Å²) in [5.41, 5.74) is 6.26. The van der Waals surface area contributed by atoms with E-state index in [0.717, 1.165) is 35.3 Å². The molecule has 0 unspecified atom stereocenters. The van der Waals surface area contributed by atoms with Crippen molar-refractivity contribution in [2.75, 3.05) is 0 Å². The van der Waals surface area contributed by atoms with E-state index in [1.54, 1.807) is 6.20 Å². The van der Waals surface area contributed by atoms with Crippen LogP contribution in [0, 0.1) is 13.8 Å². The lowest BCUT2D eigenvalue weighted by Gasteiger charge is -2.11. The Morgan fingerprint density at radius 1 is 1.12 bits per heavy atom. The second-order valence-electron chi connectivity index (χ2n) is 7.08. The fraction of sp³-hybridized carbons (Fsp3) is 0.273. The van der Waals surface area contributed by atoms with Gasteiger partial charge in [-0.15, -0.1) is 0 Å². The number of hydrogen-bond acceptors (Lipinski definition) is 2. The Morgan fingerprint density at radius 2 is 1.85 bits per heavy atom. The number of carbonyl (C=O) groups excluding carboxylic acids is 1. The van der Waals surface area contributed by atoms with Gasteiger partial charge in [0.25, 0.3) is 5.91 Å². The summed E-state index contributed by atoms with van der Waals surface area (Å²) in [6.45, 7) is 4.66. The number of rotatable bonds is 5. The first-order chi connectivity index (χ1) is 12.6. The summed E-state index contributed by atoms with van der Waals surface area (Å²) >= 11 is 0. The summed E-state index contributed by atoms with van der Waals surface area (Å²) in [6, 6.07) is 16.4. The summed E-state index contributed by atoms with van der Waals surface area (Å²) in [7, 11) is 0. The first kappa shape index (κ1) is 16.6. The molecule has 1 aromatic heterocycles. The lowest BCUT2D eigenvalue weighted by atomic mass is 10.1. The van der Waals surface area contributed by atoms with Crippen LogP contribution in [-0.4, -0.2) is 15.7 Å². The van der Waals surface area contributed by atoms with Gasteiger partial charge in [0, 0.05) is 12.5 Å². The van der Waals surface area contributed by atoms with Crippen LogP contribution in [0.2, 0.25) is 0 Å². The van der Waals surface area contributed by atoms with Crippen LogP contribution >= 0.6 is 0 Å². The molecule has 3 aromatic rings. The SMILES string of the molecule is Cc1ccc(CNC(=O)c2cnn(-c3ccccc3C)c2C2CC2)cc1. The lowest BCUT2D eigenvalue weighted by molar-refractivity contribution is 0.0950. The van der Waals surface area contributed by atoms with Crippen LogP contribution in [0.25, 0.3) is 5.69 Å². The predicted molar refractivity (Wildman–Crippen MR) is 103 cm³/mol. The molecule has 0 atom stereocenters. The highest BCUT2D eigenvalue weighted by molar-refractivity contribution is 5.95. The molecule has 4 nitrogen and oxygen atoms in total. The van der Waals surface area contributed by atoms with E-state index >= 15 is 0 Å². The number of amides is 1. The van der Waals surface area contributed by atoms with Crippen LogP contribution in [0.3, 0.4) is 0 Å². The zero-order valence-electron chi connectivity index (χ0n) is 15.2. The van der Waals surface area contributed by atoms with Gasteiger partial charge in [0.05, 0.1) is 23.1 Å². The second kappa shape index (κ2) is 6.79. The van der Waals surface area contributed by atoms with Crippen molar-refractivity contribution in [2.45, 2.75) is 39.2 Å². The highest BCUT2D eigenvalue weighted by Crippen LogP contribution is 2.42. The van der Waals surface area contributed by atoms with Crippen LogP contribution in [-0.2, 0) is 6.54 Å². The normalized spacial score (nSPS) is 13.6. The molecule has 0 spiro atoms. The molecular weight excluding hydrogens is 322 g/mol. The molecular formula is C22H23N3O. The molecule has 1 aliphatic carbocycles. The molecule has 0 saturated heterocycles. The summed E-state index contributed by atoms with van der Waals surface area (Å²) in [4.78, 5) is 12.8. The number of para-hydroxylation sites is 1. The molecule has 1 fully saturated rings. The predicted octanol–water partition coefficient (Wildman–Crippen LogP) is 4.30. The monoisotopic (exact) mass is 345 g/mol. The van der Waals surface area contributed by atoms with Gasteiger partial charge < -0.3 is 5.32 Å². The van der Waals surface area contributed by atoms with Crippen LogP contribution in [0.4, 0.5) is 0 Å². The van der Waals surface area contributed by atoms with E-state index in [1.807, 2.05) is 28.9 Å². The van der Waals surface area contributed by atoms with E-state index in [2.05, 4.69) is 48.5 Å². The van der Waals surface area contributed by atoms with Gasteiger partial charge in [-0.2, -0.15) is 5.10 Å². The molecule has 0 aliphatic heterocycles. The fourth-order valence-electron chi connectivity index (χ4n) is 3.26. The van der Waals surface area contributed by atoms with Crippen molar-refractivity contribution in [1.82, 2.24) is 15.1 Å². The number of aromatic nitrogens is 2. The molecule has 26 heavy (non-hydrogen) atoms. The van der Waals surface area contributed by atoms with E-state index in [1.165, 1.54) is 5.56 Å². The van der Waals surface area contributed by atoms with E-state index < -0.39 is 0 Å². The van der Waals surface area contributed by atoms with Crippen LogP contribution in [0.1, 0.15) is 51.5 Å². The number of aryl methyl sites for hydroxylation is 2. The quantitative estimate of drug-likeness (QED) is 0.749. The topological polar surface area (TPSA) is 46.9 Å². The fourth-order valence-corrected chi connectivity index (χ4v) is 3.26. The van der Waals surface area contributed by atoms with Crippen LogP contribution < -0.4 is 5.32 Å². The van der Waals surface area contributed by atoms with Gasteiger partial charge in [0.2, 0.25) is 0 Å². The molecule has 1 saturated carbocycles. The van der Waals surface area contributed by atoms with Gasteiger partial charge in [-0.25, -0.2) is 4.68 Å². The molecule has 0 radical (unpaired) electrons. The summed E-state index contributed by atoms with van der Waals surface area (Å²) < 4.78 is 1.95. The second-order valence-corrected chi connectivity index (χ2v) is 7.08. The van der Waals surface area contributed by atoms with Crippen molar-refractivity contribution >= 4 is 5.91 Å². The maximum Gasteiger partial charge on any atom is 0.255 e. The number of carbonyl (C=O) groups is 1. The van der Waals surface area contributed by atoms with E-state index in [4.69, 9.17) is 0 Å². The standard InChI is InChI=1S/C22H23N3O/c1-15-7-9-17(10-8-15)13-23-22(26)19-14-24-25(21(19)18-11-12-18)20-6-4-3-5-16(20)2/h3-10,14,18H,11-13H2,1-2H3,(H,23,26). The maximum atomic E-state index is 12.8. The van der Waals surface area contributed by atoms with E-state index in [-0.39, 0.29) is 5.91 Å². The molecule has 1 heterocycles. The Labute approximate surface area is 153 Å². The van der Waals surface area contributed by atoms with Crippen molar-refractivity contribution in [2.24, 2.45) is 0 Å². The third kappa shape index (κ3) is 3.27. The third-order valence-electron chi connectivity index (χ3n) is 4.93. The highest BCUT2D eigenvalue weighted by Gasteiger charge is 2.33.